The Morgan fingerprint density at radius 3 is 2.47 bits per heavy atom. The minimum absolute atomic E-state index is 0.131. The van der Waals surface area contributed by atoms with Gasteiger partial charge in [-0.05, 0) is 49.4 Å². The van der Waals surface area contributed by atoms with E-state index in [2.05, 4.69) is 4.90 Å². The van der Waals surface area contributed by atoms with Crippen LogP contribution in [-0.2, 0) is 16.6 Å². The third kappa shape index (κ3) is 4.77. The fourth-order valence-corrected chi connectivity index (χ4v) is 4.67. The van der Waals surface area contributed by atoms with E-state index in [9.17, 15) is 9.00 Å². The second-order valence-corrected chi connectivity index (χ2v) is 9.22. The number of carbonyl (C=O) groups excluding carboxylic acids is 1. The molecule has 4 rings (SSSR count). The molecule has 0 radical (unpaired) electrons. The van der Waals surface area contributed by atoms with Gasteiger partial charge in [0, 0.05) is 41.8 Å². The molecule has 1 aromatic heterocycles. The number of benzene rings is 2. The fourth-order valence-electron chi connectivity index (χ4n) is 3.47. The maximum Gasteiger partial charge on any atom is 0.289 e. The summed E-state index contributed by atoms with van der Waals surface area (Å²) in [4.78, 5) is 17.6. The Kier molecular flexibility index (Phi) is 6.25. The van der Waals surface area contributed by atoms with Crippen molar-refractivity contribution in [2.75, 3.05) is 31.1 Å². The fraction of sp³-hybridized carbons (Fsp3) is 0.261. The number of piperazine rings is 1. The van der Waals surface area contributed by atoms with Crippen LogP contribution in [0.5, 0.6) is 0 Å². The highest BCUT2D eigenvalue weighted by atomic mass is 35.5. The standard InChI is InChI=1S/C23H23ClN2O3S/c1-17-5-8-21(9-6-17)30(28)16-20-7-10-22(29-20)23(27)26-13-11-25(12-14-26)19-4-2-3-18(24)15-19/h2-10,15H,11-14,16H2,1H3/t30-/m0/s1. The van der Waals surface area contributed by atoms with Crippen LogP contribution >= 0.6 is 11.6 Å². The van der Waals surface area contributed by atoms with E-state index in [-0.39, 0.29) is 11.7 Å². The topological polar surface area (TPSA) is 53.8 Å². The van der Waals surface area contributed by atoms with Gasteiger partial charge in [0.15, 0.2) is 5.76 Å². The first-order valence-corrected chi connectivity index (χ1v) is 11.5. The third-order valence-electron chi connectivity index (χ3n) is 5.17. The first kappa shape index (κ1) is 20.7. The number of carbonyl (C=O) groups is 1. The van der Waals surface area contributed by atoms with E-state index < -0.39 is 10.8 Å². The molecule has 7 heteroatoms. The predicted molar refractivity (Wildman–Crippen MR) is 120 cm³/mol. The van der Waals surface area contributed by atoms with E-state index in [4.69, 9.17) is 16.0 Å². The summed E-state index contributed by atoms with van der Waals surface area (Å²) in [6, 6.07) is 18.8. The van der Waals surface area contributed by atoms with Crippen molar-refractivity contribution in [1.29, 1.82) is 0 Å². The first-order chi connectivity index (χ1) is 14.5. The number of halogens is 1. The van der Waals surface area contributed by atoms with Crippen molar-refractivity contribution in [2.45, 2.75) is 17.6 Å². The summed E-state index contributed by atoms with van der Waals surface area (Å²) in [7, 11) is -1.21. The Morgan fingerprint density at radius 1 is 1.03 bits per heavy atom. The molecule has 0 N–H and O–H groups in total. The summed E-state index contributed by atoms with van der Waals surface area (Å²) < 4.78 is 18.3. The van der Waals surface area contributed by atoms with Gasteiger partial charge in [-0.3, -0.25) is 9.00 Å². The Morgan fingerprint density at radius 2 is 1.77 bits per heavy atom. The van der Waals surface area contributed by atoms with E-state index in [0.29, 0.717) is 29.6 Å². The van der Waals surface area contributed by atoms with E-state index >= 15 is 0 Å². The average Bonchev–Trinajstić information content (AvgIpc) is 3.22. The lowest BCUT2D eigenvalue weighted by atomic mass is 10.2. The summed E-state index contributed by atoms with van der Waals surface area (Å²) in [5.41, 5.74) is 2.19. The molecule has 3 aromatic rings. The molecule has 2 aromatic carbocycles. The zero-order valence-electron chi connectivity index (χ0n) is 16.7. The van der Waals surface area contributed by atoms with E-state index in [1.165, 1.54) is 0 Å². The highest BCUT2D eigenvalue weighted by Crippen LogP contribution is 2.22. The molecule has 1 fully saturated rings. The molecule has 0 unspecified atom stereocenters. The van der Waals surface area contributed by atoms with E-state index in [1.807, 2.05) is 55.5 Å². The zero-order chi connectivity index (χ0) is 21.1. The monoisotopic (exact) mass is 442 g/mol. The molecule has 1 amide bonds. The van der Waals surface area contributed by atoms with Crippen molar-refractivity contribution < 1.29 is 13.4 Å². The van der Waals surface area contributed by atoms with Gasteiger partial charge < -0.3 is 14.2 Å². The van der Waals surface area contributed by atoms with Crippen LogP contribution in [0.4, 0.5) is 5.69 Å². The SMILES string of the molecule is Cc1ccc([S@@](=O)Cc2ccc(C(=O)N3CCN(c4cccc(Cl)c4)CC3)o2)cc1. The molecule has 2 heterocycles. The molecule has 0 bridgehead atoms. The molecule has 1 atom stereocenters. The largest absolute Gasteiger partial charge is 0.455 e. The van der Waals surface area contributed by atoms with Gasteiger partial charge in [0.05, 0.1) is 16.6 Å². The van der Waals surface area contributed by atoms with Crippen LogP contribution < -0.4 is 4.90 Å². The van der Waals surface area contributed by atoms with Crippen LogP contribution in [0.3, 0.4) is 0 Å². The number of amides is 1. The minimum Gasteiger partial charge on any atom is -0.455 e. The Balaban J connectivity index is 1.35. The van der Waals surface area contributed by atoms with Crippen LogP contribution in [0.2, 0.25) is 5.02 Å². The molecule has 30 heavy (non-hydrogen) atoms. The number of rotatable bonds is 5. The van der Waals surface area contributed by atoms with Crippen molar-refractivity contribution in [3.63, 3.8) is 0 Å². The Hall–Kier alpha value is -2.57. The van der Waals surface area contributed by atoms with E-state index in [0.717, 1.165) is 29.2 Å². The highest BCUT2D eigenvalue weighted by molar-refractivity contribution is 7.84. The Bertz CT molecular complexity index is 1060. The van der Waals surface area contributed by atoms with Gasteiger partial charge in [0.25, 0.3) is 5.91 Å². The van der Waals surface area contributed by atoms with Gasteiger partial charge in [-0.2, -0.15) is 0 Å². The second-order valence-electron chi connectivity index (χ2n) is 7.33. The highest BCUT2D eigenvalue weighted by Gasteiger charge is 2.24. The summed E-state index contributed by atoms with van der Waals surface area (Å²) in [5, 5.41) is 0.706. The van der Waals surface area contributed by atoms with Crippen LogP contribution in [0.1, 0.15) is 21.9 Å². The van der Waals surface area contributed by atoms with Gasteiger partial charge in [0.2, 0.25) is 0 Å². The molecular formula is C23H23ClN2O3S. The predicted octanol–water partition coefficient (Wildman–Crippen LogP) is 4.51. The van der Waals surface area contributed by atoms with Crippen molar-refractivity contribution in [2.24, 2.45) is 0 Å². The molecular weight excluding hydrogens is 420 g/mol. The first-order valence-electron chi connectivity index (χ1n) is 9.83. The van der Waals surface area contributed by atoms with Crippen LogP contribution in [-0.4, -0.2) is 41.2 Å². The van der Waals surface area contributed by atoms with Crippen LogP contribution in [0.25, 0.3) is 0 Å². The maximum atomic E-state index is 12.8. The quantitative estimate of drug-likeness (QED) is 0.583. The summed E-state index contributed by atoms with van der Waals surface area (Å²) in [6.07, 6.45) is 0. The van der Waals surface area contributed by atoms with E-state index in [1.54, 1.807) is 17.0 Å². The summed E-state index contributed by atoms with van der Waals surface area (Å²) >= 11 is 6.08. The van der Waals surface area contributed by atoms with Gasteiger partial charge in [-0.1, -0.05) is 35.4 Å². The Labute approximate surface area is 183 Å². The smallest absolute Gasteiger partial charge is 0.289 e. The molecule has 0 saturated carbocycles. The molecule has 1 aliphatic rings. The number of furan rings is 1. The van der Waals surface area contributed by atoms with Gasteiger partial charge in [0.1, 0.15) is 5.76 Å². The molecule has 5 nitrogen and oxygen atoms in total. The van der Waals surface area contributed by atoms with Crippen LogP contribution in [0.15, 0.2) is 70.0 Å². The number of aryl methyl sites for hydroxylation is 1. The molecule has 156 valence electrons. The third-order valence-corrected chi connectivity index (χ3v) is 6.75. The van der Waals surface area contributed by atoms with Gasteiger partial charge >= 0.3 is 0 Å². The van der Waals surface area contributed by atoms with Crippen LogP contribution in [0, 0.1) is 6.92 Å². The van der Waals surface area contributed by atoms with Gasteiger partial charge in [-0.15, -0.1) is 0 Å². The maximum absolute atomic E-state index is 12.8. The summed E-state index contributed by atoms with van der Waals surface area (Å²) in [5.74, 6) is 0.962. The lowest BCUT2D eigenvalue weighted by molar-refractivity contribution is 0.0713. The van der Waals surface area contributed by atoms with Crippen molar-refractivity contribution in [3.05, 3.63) is 82.8 Å². The second kappa shape index (κ2) is 9.06. The van der Waals surface area contributed by atoms with Crippen molar-refractivity contribution >= 4 is 34.0 Å². The number of anilines is 1. The minimum atomic E-state index is -1.21. The molecule has 1 aliphatic heterocycles. The number of nitrogens with zero attached hydrogens (tertiary/aromatic N) is 2. The molecule has 0 spiro atoms. The zero-order valence-corrected chi connectivity index (χ0v) is 18.3. The molecule has 0 aliphatic carbocycles. The van der Waals surface area contributed by atoms with Gasteiger partial charge in [-0.25, -0.2) is 0 Å². The number of hydrogen-bond acceptors (Lipinski definition) is 4. The lowest BCUT2D eigenvalue weighted by Crippen LogP contribution is -2.48. The van der Waals surface area contributed by atoms with Crippen molar-refractivity contribution in [1.82, 2.24) is 4.90 Å². The number of hydrogen-bond donors (Lipinski definition) is 0. The average molecular weight is 443 g/mol. The lowest BCUT2D eigenvalue weighted by Gasteiger charge is -2.35. The normalized spacial score (nSPS) is 15.3. The summed E-state index contributed by atoms with van der Waals surface area (Å²) in [6.45, 7) is 4.67. The van der Waals surface area contributed by atoms with Crippen molar-refractivity contribution in [3.8, 4) is 0 Å². The molecule has 1 saturated heterocycles.